The molecule has 2 bridgehead atoms. The summed E-state index contributed by atoms with van der Waals surface area (Å²) in [6.45, 7) is 2.06. The Kier molecular flexibility index (Phi) is 4.15. The van der Waals surface area contributed by atoms with Gasteiger partial charge in [0.05, 0.1) is 23.5 Å². The van der Waals surface area contributed by atoms with Gasteiger partial charge in [-0.2, -0.15) is 17.5 Å². The summed E-state index contributed by atoms with van der Waals surface area (Å²) in [4.78, 5) is 9.64. The Morgan fingerprint density at radius 3 is 2.22 bits per heavy atom. The van der Waals surface area contributed by atoms with E-state index < -0.39 is 60.9 Å². The average Bonchev–Trinajstić information content (AvgIpc) is 3.11. The van der Waals surface area contributed by atoms with Gasteiger partial charge >= 0.3 is 6.18 Å². The number of aromatic nitrogens is 3. The van der Waals surface area contributed by atoms with Crippen LogP contribution in [-0.2, 0) is 16.2 Å². The number of alkyl halides is 3. The summed E-state index contributed by atoms with van der Waals surface area (Å²) in [5, 5.41) is -0.799. The Morgan fingerprint density at radius 2 is 1.69 bits per heavy atom. The molecular formula is C20H17F5N4O2S. The van der Waals surface area contributed by atoms with E-state index >= 15 is 0 Å². The van der Waals surface area contributed by atoms with Gasteiger partial charge in [0.2, 0.25) is 0 Å². The molecule has 3 saturated carbocycles. The quantitative estimate of drug-likeness (QED) is 0.568. The lowest BCUT2D eigenvalue weighted by Gasteiger charge is -2.71. The number of rotatable bonds is 4. The molecule has 1 aromatic carbocycles. The summed E-state index contributed by atoms with van der Waals surface area (Å²) in [7, 11) is -2.73. The number of hydrogen-bond acceptors (Lipinski definition) is 4. The maximum Gasteiger partial charge on any atom is 0.417 e. The second-order valence-electron chi connectivity index (χ2n) is 8.96. The third-order valence-electron chi connectivity index (χ3n) is 6.56. The molecule has 32 heavy (non-hydrogen) atoms. The largest absolute Gasteiger partial charge is 0.417 e. The number of nitrogens with one attached hydrogen (secondary N) is 1. The van der Waals surface area contributed by atoms with Gasteiger partial charge in [0.25, 0.3) is 10.0 Å². The van der Waals surface area contributed by atoms with Gasteiger partial charge < -0.3 is 4.98 Å². The number of hydrogen-bond donors (Lipinski definition) is 1. The maximum atomic E-state index is 14.7. The number of aromatic amines is 1. The molecule has 170 valence electrons. The lowest BCUT2D eigenvalue weighted by molar-refractivity contribution is -0.174. The monoisotopic (exact) mass is 472 g/mol. The van der Waals surface area contributed by atoms with Crippen molar-refractivity contribution >= 4 is 20.9 Å². The minimum atomic E-state index is -4.99. The van der Waals surface area contributed by atoms with E-state index in [9.17, 15) is 30.4 Å². The first-order chi connectivity index (χ1) is 14.8. The van der Waals surface area contributed by atoms with Crippen molar-refractivity contribution in [1.82, 2.24) is 19.3 Å². The highest BCUT2D eigenvalue weighted by Crippen LogP contribution is 2.69. The molecule has 12 heteroatoms. The van der Waals surface area contributed by atoms with Crippen LogP contribution in [0.15, 0.2) is 29.6 Å². The smallest absolute Gasteiger partial charge is 0.342 e. The summed E-state index contributed by atoms with van der Waals surface area (Å²) in [5.41, 5.74) is -2.86. The summed E-state index contributed by atoms with van der Waals surface area (Å²) in [5.74, 6) is -2.65. The zero-order chi connectivity index (χ0) is 23.3. The molecule has 0 atom stereocenters. The number of fused-ring (bicyclic) bond motifs is 1. The molecule has 3 aliphatic carbocycles. The van der Waals surface area contributed by atoms with Gasteiger partial charge in [-0.05, 0) is 36.8 Å². The molecule has 1 N–H and O–H groups in total. The van der Waals surface area contributed by atoms with Crippen LogP contribution in [0.5, 0.6) is 0 Å². The molecule has 0 saturated heterocycles. The fraction of sp³-hybridized carbons (Fsp3) is 0.400. The van der Waals surface area contributed by atoms with Crippen molar-refractivity contribution in [2.45, 2.75) is 42.9 Å². The third-order valence-corrected chi connectivity index (χ3v) is 8.45. The Balaban J connectivity index is 1.70. The van der Waals surface area contributed by atoms with Crippen molar-refractivity contribution in [2.75, 3.05) is 7.05 Å². The number of halogens is 5. The second-order valence-corrected chi connectivity index (χ2v) is 10.9. The lowest BCUT2D eigenvalue weighted by Crippen LogP contribution is -2.73. The highest BCUT2D eigenvalue weighted by molar-refractivity contribution is 7.89. The van der Waals surface area contributed by atoms with Crippen molar-refractivity contribution in [2.24, 2.45) is 5.41 Å². The molecule has 2 aromatic heterocycles. The second kappa shape index (κ2) is 6.25. The fourth-order valence-electron chi connectivity index (χ4n) is 5.24. The average molecular weight is 472 g/mol. The Labute approximate surface area is 179 Å². The van der Waals surface area contributed by atoms with Gasteiger partial charge in [0.15, 0.2) is 11.6 Å². The van der Waals surface area contributed by atoms with E-state index in [-0.39, 0.29) is 16.9 Å². The molecular weight excluding hydrogens is 455 g/mol. The lowest BCUT2D eigenvalue weighted by atomic mass is 9.40. The minimum Gasteiger partial charge on any atom is -0.342 e. The van der Waals surface area contributed by atoms with Crippen LogP contribution < -0.4 is 0 Å². The van der Waals surface area contributed by atoms with E-state index in [1.54, 1.807) is 0 Å². The van der Waals surface area contributed by atoms with Gasteiger partial charge in [-0.1, -0.05) is 6.92 Å². The van der Waals surface area contributed by atoms with Crippen LogP contribution in [0.4, 0.5) is 22.0 Å². The van der Waals surface area contributed by atoms with Crippen LogP contribution in [0.3, 0.4) is 0 Å². The SMILES string of the molecule is CN(C12CC(C)(C1)C2)S(=O)(=O)c1cc2c(-c3ncc(F)cn3)c(C(F)(F)F)cc(F)c2[nH]1. The molecule has 2 heterocycles. The normalized spacial score (nSPS) is 25.1. The summed E-state index contributed by atoms with van der Waals surface area (Å²) >= 11 is 0. The molecule has 0 unspecified atom stereocenters. The molecule has 0 spiro atoms. The fourth-order valence-corrected chi connectivity index (χ4v) is 6.74. The number of sulfonamides is 1. The van der Waals surface area contributed by atoms with E-state index in [2.05, 4.69) is 21.9 Å². The van der Waals surface area contributed by atoms with E-state index in [0.29, 0.717) is 31.7 Å². The summed E-state index contributed by atoms with van der Waals surface area (Å²) in [6.07, 6.45) is -1.56. The van der Waals surface area contributed by atoms with Crippen LogP contribution in [0.1, 0.15) is 31.7 Å². The van der Waals surface area contributed by atoms with Crippen molar-refractivity contribution in [3.05, 3.63) is 41.7 Å². The number of H-pyrrole nitrogens is 1. The topological polar surface area (TPSA) is 79.0 Å². The molecule has 0 aliphatic heterocycles. The Morgan fingerprint density at radius 1 is 1.09 bits per heavy atom. The van der Waals surface area contributed by atoms with Crippen LogP contribution in [0.25, 0.3) is 22.3 Å². The van der Waals surface area contributed by atoms with Crippen molar-refractivity contribution in [3.63, 3.8) is 0 Å². The van der Waals surface area contributed by atoms with Crippen molar-refractivity contribution < 1.29 is 30.4 Å². The minimum absolute atomic E-state index is 0.116. The van der Waals surface area contributed by atoms with Gasteiger partial charge in [-0.15, -0.1) is 0 Å². The van der Waals surface area contributed by atoms with Crippen LogP contribution in [-0.4, -0.2) is 40.3 Å². The van der Waals surface area contributed by atoms with Gasteiger partial charge in [0.1, 0.15) is 10.8 Å². The molecule has 0 radical (unpaired) electrons. The van der Waals surface area contributed by atoms with Crippen molar-refractivity contribution in [1.29, 1.82) is 0 Å². The van der Waals surface area contributed by atoms with E-state index in [0.717, 1.165) is 6.07 Å². The van der Waals surface area contributed by atoms with Gasteiger partial charge in [0, 0.05) is 23.5 Å². The molecule has 6 rings (SSSR count). The summed E-state index contributed by atoms with van der Waals surface area (Å²) < 4.78 is 96.7. The molecule has 0 amide bonds. The van der Waals surface area contributed by atoms with Crippen molar-refractivity contribution in [3.8, 4) is 11.4 Å². The molecule has 3 aliphatic rings. The van der Waals surface area contributed by atoms with Crippen LogP contribution >= 0.6 is 0 Å². The predicted molar refractivity (Wildman–Crippen MR) is 104 cm³/mol. The predicted octanol–water partition coefficient (Wildman–Crippen LogP) is 4.49. The first-order valence-electron chi connectivity index (χ1n) is 9.65. The molecule has 3 fully saturated rings. The Hall–Kier alpha value is -2.60. The molecule has 6 nitrogen and oxygen atoms in total. The van der Waals surface area contributed by atoms with Crippen LogP contribution in [0.2, 0.25) is 0 Å². The Bertz CT molecular complexity index is 1350. The number of benzene rings is 1. The zero-order valence-corrected chi connectivity index (χ0v) is 17.7. The molecule has 3 aromatic rings. The van der Waals surface area contributed by atoms with E-state index in [4.69, 9.17) is 0 Å². The maximum absolute atomic E-state index is 14.7. The van der Waals surface area contributed by atoms with Gasteiger partial charge in [-0.25, -0.2) is 27.2 Å². The number of nitrogens with zero attached hydrogens (tertiary/aromatic N) is 3. The highest BCUT2D eigenvalue weighted by Gasteiger charge is 2.69. The van der Waals surface area contributed by atoms with Gasteiger partial charge in [-0.3, -0.25) is 0 Å². The third kappa shape index (κ3) is 2.88. The van der Waals surface area contributed by atoms with E-state index in [1.807, 2.05) is 0 Å². The highest BCUT2D eigenvalue weighted by atomic mass is 32.2. The first kappa shape index (κ1) is 21.3. The first-order valence-corrected chi connectivity index (χ1v) is 11.1. The standard InChI is InChI=1S/C20H17F5N4O2S/c1-18-7-19(8-18,9-18)29(2)32(30,31)14-3-11-15(17-26-5-10(21)6-27-17)12(20(23,24)25)4-13(22)16(11)28-14/h3-6,28H,7-9H2,1-2H3. The van der Waals surface area contributed by atoms with E-state index in [1.165, 1.54) is 11.4 Å². The van der Waals surface area contributed by atoms with Crippen LogP contribution in [0, 0.1) is 17.0 Å². The summed E-state index contributed by atoms with van der Waals surface area (Å²) in [6, 6.07) is 1.21. The zero-order valence-electron chi connectivity index (χ0n) is 16.9.